The van der Waals surface area contributed by atoms with Crippen molar-refractivity contribution >= 4 is 17.8 Å². The first-order valence-corrected chi connectivity index (χ1v) is 4.91. The lowest BCUT2D eigenvalue weighted by atomic mass is 10.2. The topological polar surface area (TPSA) is 35.5 Å². The molecule has 3 nitrogen and oxygen atoms in total. The highest BCUT2D eigenvalue weighted by Gasteiger charge is 2.17. The number of rotatable bonds is 1. The van der Waals surface area contributed by atoms with Gasteiger partial charge in [0.25, 0.3) is 0 Å². The Morgan fingerprint density at radius 3 is 2.53 bits per heavy atom. The zero-order chi connectivity index (χ0) is 11.5. The molecular weight excluding hydrogens is 216 g/mol. The van der Waals surface area contributed by atoms with Gasteiger partial charge in [-0.1, -0.05) is 17.7 Å². The van der Waals surface area contributed by atoms with Crippen LogP contribution in [0.3, 0.4) is 0 Å². The second-order valence-corrected chi connectivity index (χ2v) is 4.46. The lowest BCUT2D eigenvalue weighted by molar-refractivity contribution is 0.0206. The van der Waals surface area contributed by atoms with E-state index in [0.717, 1.165) is 0 Å². The molecule has 4 heteroatoms. The van der Waals surface area contributed by atoms with E-state index in [1.54, 1.807) is 45.0 Å². The van der Waals surface area contributed by atoms with Crippen LogP contribution in [0.5, 0.6) is 5.75 Å². The number of hydrogen-bond donors (Lipinski definition) is 0. The first kappa shape index (κ1) is 11.9. The number of benzene rings is 1. The summed E-state index contributed by atoms with van der Waals surface area (Å²) in [6.07, 6.45) is -0.732. The molecule has 0 bridgehead atoms. The highest BCUT2D eigenvalue weighted by atomic mass is 35.5. The summed E-state index contributed by atoms with van der Waals surface area (Å²) in [5.74, 6) is 0.372. The fraction of sp³-hybridized carbons (Fsp3) is 0.364. The minimum atomic E-state index is -0.732. The highest BCUT2D eigenvalue weighted by molar-refractivity contribution is 6.30. The standard InChI is InChI=1S/C11H13ClO3/c1-11(2,3)15-10(13)14-9-6-4-5-8(12)7-9/h4-7H,1-3H3. The van der Waals surface area contributed by atoms with Gasteiger partial charge in [-0.05, 0) is 39.0 Å². The predicted molar refractivity (Wildman–Crippen MR) is 58.3 cm³/mol. The van der Waals surface area contributed by atoms with E-state index < -0.39 is 11.8 Å². The summed E-state index contributed by atoms with van der Waals surface area (Å²) in [4.78, 5) is 11.3. The van der Waals surface area contributed by atoms with Gasteiger partial charge >= 0.3 is 6.16 Å². The molecule has 0 fully saturated rings. The number of ether oxygens (including phenoxy) is 2. The minimum Gasteiger partial charge on any atom is -0.428 e. The van der Waals surface area contributed by atoms with Crippen LogP contribution >= 0.6 is 11.6 Å². The van der Waals surface area contributed by atoms with E-state index in [2.05, 4.69) is 0 Å². The van der Waals surface area contributed by atoms with Gasteiger partial charge in [0.15, 0.2) is 0 Å². The Hall–Kier alpha value is -1.22. The molecule has 0 heterocycles. The molecule has 15 heavy (non-hydrogen) atoms. The molecule has 0 saturated heterocycles. The van der Waals surface area contributed by atoms with Crippen LogP contribution < -0.4 is 4.74 Å². The zero-order valence-corrected chi connectivity index (χ0v) is 9.67. The summed E-state index contributed by atoms with van der Waals surface area (Å²) in [5.41, 5.74) is -0.560. The molecule has 1 rings (SSSR count). The van der Waals surface area contributed by atoms with Crippen LogP contribution in [0.15, 0.2) is 24.3 Å². The van der Waals surface area contributed by atoms with E-state index in [1.807, 2.05) is 0 Å². The SMILES string of the molecule is CC(C)(C)OC(=O)Oc1cccc(Cl)c1. The number of hydrogen-bond acceptors (Lipinski definition) is 3. The van der Waals surface area contributed by atoms with E-state index >= 15 is 0 Å². The van der Waals surface area contributed by atoms with E-state index in [4.69, 9.17) is 21.1 Å². The Morgan fingerprint density at radius 2 is 2.00 bits per heavy atom. The summed E-state index contributed by atoms with van der Waals surface area (Å²) >= 11 is 5.73. The van der Waals surface area contributed by atoms with Gasteiger partial charge < -0.3 is 9.47 Å². The lowest BCUT2D eigenvalue weighted by Gasteiger charge is -2.18. The third-order valence-electron chi connectivity index (χ3n) is 1.39. The van der Waals surface area contributed by atoms with Crippen molar-refractivity contribution in [3.8, 4) is 5.75 Å². The van der Waals surface area contributed by atoms with Crippen molar-refractivity contribution in [2.75, 3.05) is 0 Å². The molecule has 0 atom stereocenters. The second kappa shape index (κ2) is 4.53. The minimum absolute atomic E-state index is 0.372. The van der Waals surface area contributed by atoms with E-state index in [0.29, 0.717) is 10.8 Å². The fourth-order valence-electron chi connectivity index (χ4n) is 0.898. The molecule has 0 saturated carbocycles. The van der Waals surface area contributed by atoms with Gasteiger partial charge in [0.1, 0.15) is 11.4 Å². The summed E-state index contributed by atoms with van der Waals surface area (Å²) in [7, 11) is 0. The van der Waals surface area contributed by atoms with Crippen molar-refractivity contribution in [1.82, 2.24) is 0 Å². The van der Waals surface area contributed by atoms with Crippen LogP contribution in [0.2, 0.25) is 5.02 Å². The Bertz CT molecular complexity index is 355. The number of halogens is 1. The van der Waals surface area contributed by atoms with Crippen LogP contribution in [-0.2, 0) is 4.74 Å². The van der Waals surface area contributed by atoms with Crippen LogP contribution in [0, 0.1) is 0 Å². The zero-order valence-electron chi connectivity index (χ0n) is 8.91. The van der Waals surface area contributed by atoms with Gasteiger partial charge in [-0.3, -0.25) is 0 Å². The fourth-order valence-corrected chi connectivity index (χ4v) is 1.08. The Balaban J connectivity index is 2.59. The highest BCUT2D eigenvalue weighted by Crippen LogP contribution is 2.18. The van der Waals surface area contributed by atoms with Gasteiger partial charge in [0.05, 0.1) is 0 Å². The van der Waals surface area contributed by atoms with Crippen molar-refractivity contribution < 1.29 is 14.3 Å². The Labute approximate surface area is 93.9 Å². The number of carbonyl (C=O) groups excluding carboxylic acids is 1. The average molecular weight is 229 g/mol. The molecule has 0 aliphatic carbocycles. The smallest absolute Gasteiger partial charge is 0.428 e. The molecule has 0 spiro atoms. The summed E-state index contributed by atoms with van der Waals surface area (Å²) in [6, 6.07) is 6.58. The number of carbonyl (C=O) groups is 1. The summed E-state index contributed by atoms with van der Waals surface area (Å²) in [6.45, 7) is 5.31. The van der Waals surface area contributed by atoms with Crippen LogP contribution in [0.1, 0.15) is 20.8 Å². The quantitative estimate of drug-likeness (QED) is 0.544. The molecule has 1 aromatic carbocycles. The van der Waals surface area contributed by atoms with Crippen LogP contribution in [0.4, 0.5) is 4.79 Å². The molecule has 0 N–H and O–H groups in total. The average Bonchev–Trinajstić information content (AvgIpc) is 1.99. The molecule has 0 unspecified atom stereocenters. The van der Waals surface area contributed by atoms with Gasteiger partial charge in [-0.2, -0.15) is 0 Å². The van der Waals surface area contributed by atoms with Crippen molar-refractivity contribution in [3.05, 3.63) is 29.3 Å². The first-order chi connectivity index (χ1) is 6.87. The van der Waals surface area contributed by atoms with Crippen molar-refractivity contribution in [1.29, 1.82) is 0 Å². The van der Waals surface area contributed by atoms with Crippen molar-refractivity contribution in [2.24, 2.45) is 0 Å². The van der Waals surface area contributed by atoms with E-state index in [9.17, 15) is 4.79 Å². The van der Waals surface area contributed by atoms with E-state index in [1.165, 1.54) is 0 Å². The van der Waals surface area contributed by atoms with Gasteiger partial charge in [0.2, 0.25) is 0 Å². The van der Waals surface area contributed by atoms with E-state index in [-0.39, 0.29) is 0 Å². The molecule has 0 aliphatic rings. The summed E-state index contributed by atoms with van der Waals surface area (Å²) < 4.78 is 9.90. The third kappa shape index (κ3) is 4.70. The Kier molecular flexibility index (Phi) is 3.58. The van der Waals surface area contributed by atoms with Gasteiger partial charge in [-0.25, -0.2) is 4.79 Å². The second-order valence-electron chi connectivity index (χ2n) is 4.02. The van der Waals surface area contributed by atoms with Crippen molar-refractivity contribution in [3.63, 3.8) is 0 Å². The maximum Gasteiger partial charge on any atom is 0.514 e. The van der Waals surface area contributed by atoms with Gasteiger partial charge in [-0.15, -0.1) is 0 Å². The predicted octanol–water partition coefficient (Wildman–Crippen LogP) is 3.65. The van der Waals surface area contributed by atoms with Crippen molar-refractivity contribution in [2.45, 2.75) is 26.4 Å². The lowest BCUT2D eigenvalue weighted by Crippen LogP contribution is -2.25. The molecule has 1 aromatic rings. The molecule has 82 valence electrons. The normalized spacial score (nSPS) is 10.9. The maximum absolute atomic E-state index is 11.3. The first-order valence-electron chi connectivity index (χ1n) is 4.53. The molecule has 0 aromatic heterocycles. The molecular formula is C11H13ClO3. The summed E-state index contributed by atoms with van der Waals surface area (Å²) in [5, 5.41) is 0.510. The van der Waals surface area contributed by atoms with Gasteiger partial charge in [0, 0.05) is 5.02 Å². The maximum atomic E-state index is 11.3. The van der Waals surface area contributed by atoms with Crippen LogP contribution in [0.25, 0.3) is 0 Å². The largest absolute Gasteiger partial charge is 0.514 e. The molecule has 0 aliphatic heterocycles. The molecule has 0 radical (unpaired) electrons. The van der Waals surface area contributed by atoms with Crippen LogP contribution in [-0.4, -0.2) is 11.8 Å². The molecule has 0 amide bonds. The Morgan fingerprint density at radius 1 is 1.33 bits per heavy atom. The third-order valence-corrected chi connectivity index (χ3v) is 1.62. The monoisotopic (exact) mass is 228 g/mol.